The molecule has 0 bridgehead atoms. The summed E-state index contributed by atoms with van der Waals surface area (Å²) < 4.78 is 21.9. The lowest BCUT2D eigenvalue weighted by Gasteiger charge is -2.40. The summed E-state index contributed by atoms with van der Waals surface area (Å²) in [5, 5.41) is 9.66. The van der Waals surface area contributed by atoms with Crippen LogP contribution in [0, 0.1) is 5.82 Å². The number of carbonyl (C=O) groups is 1. The van der Waals surface area contributed by atoms with Crippen molar-refractivity contribution < 1.29 is 13.9 Å². The summed E-state index contributed by atoms with van der Waals surface area (Å²) in [6.07, 6.45) is 0. The molecule has 3 aromatic carbocycles. The normalized spacial score (nSPS) is 15.9. The highest BCUT2D eigenvalue weighted by molar-refractivity contribution is 5.95. The Morgan fingerprint density at radius 1 is 0.973 bits per heavy atom. The van der Waals surface area contributed by atoms with Gasteiger partial charge in [-0.3, -0.25) is 4.79 Å². The molecule has 1 saturated heterocycles. The second kappa shape index (κ2) is 9.16. The summed E-state index contributed by atoms with van der Waals surface area (Å²) in [4.78, 5) is 22.2. The van der Waals surface area contributed by atoms with Crippen LogP contribution in [0.15, 0.2) is 72.8 Å². The van der Waals surface area contributed by atoms with Crippen molar-refractivity contribution in [2.24, 2.45) is 0 Å². The number of rotatable bonds is 4. The molecule has 186 valence electrons. The zero-order valence-corrected chi connectivity index (χ0v) is 20.5. The van der Waals surface area contributed by atoms with Gasteiger partial charge in [-0.1, -0.05) is 24.3 Å². The van der Waals surface area contributed by atoms with E-state index in [1.54, 1.807) is 49.6 Å². The Morgan fingerprint density at radius 2 is 1.73 bits per heavy atom. The Balaban J connectivity index is 1.39. The van der Waals surface area contributed by atoms with E-state index in [0.717, 1.165) is 10.9 Å². The highest BCUT2D eigenvalue weighted by Gasteiger charge is 2.31. The highest BCUT2D eigenvalue weighted by Crippen LogP contribution is 2.30. The summed E-state index contributed by atoms with van der Waals surface area (Å²) in [6, 6.07) is 21.3. The quantitative estimate of drug-likeness (QED) is 0.366. The van der Waals surface area contributed by atoms with Gasteiger partial charge in [0.15, 0.2) is 11.5 Å². The summed E-state index contributed by atoms with van der Waals surface area (Å²) in [7, 11) is 1.60. The van der Waals surface area contributed by atoms with Gasteiger partial charge in [-0.15, -0.1) is 10.2 Å². The van der Waals surface area contributed by atoms with Crippen molar-refractivity contribution in [2.45, 2.75) is 13.0 Å². The number of fused-ring (bicyclic) bond motifs is 3. The van der Waals surface area contributed by atoms with E-state index in [2.05, 4.69) is 15.1 Å². The fourth-order valence-electron chi connectivity index (χ4n) is 4.94. The SMILES string of the molecule is COc1ccc(C(=O)N2CCN(c3nc4ccccc4c4nnc(-c5ccccc5F)n34)CC2C)cc1. The van der Waals surface area contributed by atoms with Gasteiger partial charge in [0.05, 0.1) is 18.2 Å². The van der Waals surface area contributed by atoms with Crippen LogP contribution in [0.1, 0.15) is 17.3 Å². The van der Waals surface area contributed by atoms with E-state index < -0.39 is 0 Å². The van der Waals surface area contributed by atoms with E-state index in [1.165, 1.54) is 6.07 Å². The molecule has 1 fully saturated rings. The molecule has 0 radical (unpaired) electrons. The number of piperazine rings is 1. The standard InChI is InChI=1S/C28H25FN6O2/c1-18-17-33(15-16-34(18)27(36)19-11-13-20(37-2)14-12-19)28-30-24-10-6-4-8-22(24)26-32-31-25(35(26)28)21-7-3-5-9-23(21)29/h3-14,18H,15-17H2,1-2H3. The number of benzene rings is 3. The van der Waals surface area contributed by atoms with Crippen molar-refractivity contribution in [3.8, 4) is 17.1 Å². The number of nitrogens with zero attached hydrogens (tertiary/aromatic N) is 6. The number of ether oxygens (including phenoxy) is 1. The minimum atomic E-state index is -0.376. The predicted octanol–water partition coefficient (Wildman–Crippen LogP) is 4.44. The minimum Gasteiger partial charge on any atom is -0.497 e. The number of hydrogen-bond donors (Lipinski definition) is 0. The lowest BCUT2D eigenvalue weighted by molar-refractivity contribution is 0.0673. The molecule has 9 heteroatoms. The summed E-state index contributed by atoms with van der Waals surface area (Å²) in [6.45, 7) is 3.65. The number of anilines is 1. The lowest BCUT2D eigenvalue weighted by atomic mass is 10.1. The van der Waals surface area contributed by atoms with Crippen LogP contribution in [-0.2, 0) is 0 Å². The molecular weight excluding hydrogens is 471 g/mol. The molecule has 2 aromatic heterocycles. The number of hydrogen-bond acceptors (Lipinski definition) is 6. The maximum Gasteiger partial charge on any atom is 0.254 e. The van der Waals surface area contributed by atoms with Crippen molar-refractivity contribution in [1.82, 2.24) is 24.5 Å². The van der Waals surface area contributed by atoms with Crippen LogP contribution in [0.5, 0.6) is 5.75 Å². The lowest BCUT2D eigenvalue weighted by Crippen LogP contribution is -2.54. The number of para-hydroxylation sites is 1. The van der Waals surface area contributed by atoms with Crippen LogP contribution in [-0.4, -0.2) is 63.2 Å². The van der Waals surface area contributed by atoms with Gasteiger partial charge in [-0.25, -0.2) is 13.8 Å². The van der Waals surface area contributed by atoms with Crippen LogP contribution in [0.25, 0.3) is 27.9 Å². The topological polar surface area (TPSA) is 75.9 Å². The zero-order chi connectivity index (χ0) is 25.5. The molecule has 1 atom stereocenters. The van der Waals surface area contributed by atoms with Crippen molar-refractivity contribution >= 4 is 28.4 Å². The van der Waals surface area contributed by atoms with Crippen LogP contribution in [0.2, 0.25) is 0 Å². The van der Waals surface area contributed by atoms with Gasteiger partial charge < -0.3 is 14.5 Å². The first kappa shape index (κ1) is 22.9. The second-order valence-corrected chi connectivity index (χ2v) is 9.11. The van der Waals surface area contributed by atoms with Crippen molar-refractivity contribution in [2.75, 3.05) is 31.6 Å². The summed E-state index contributed by atoms with van der Waals surface area (Å²) in [5.74, 6) is 1.33. The first-order chi connectivity index (χ1) is 18.0. The third-order valence-corrected chi connectivity index (χ3v) is 6.85. The van der Waals surface area contributed by atoms with Gasteiger partial charge in [-0.2, -0.15) is 0 Å². The first-order valence-corrected chi connectivity index (χ1v) is 12.1. The van der Waals surface area contributed by atoms with Crippen LogP contribution >= 0.6 is 0 Å². The van der Waals surface area contributed by atoms with E-state index in [-0.39, 0.29) is 17.8 Å². The predicted molar refractivity (Wildman–Crippen MR) is 139 cm³/mol. The Morgan fingerprint density at radius 3 is 2.49 bits per heavy atom. The number of aromatic nitrogens is 4. The van der Waals surface area contributed by atoms with E-state index >= 15 is 0 Å². The number of methoxy groups -OCH3 is 1. The number of halogens is 1. The average Bonchev–Trinajstić information content (AvgIpc) is 3.38. The van der Waals surface area contributed by atoms with Gasteiger partial charge in [0.2, 0.25) is 5.95 Å². The number of amides is 1. The largest absolute Gasteiger partial charge is 0.497 e. The molecule has 0 spiro atoms. The molecule has 1 aliphatic rings. The molecule has 3 heterocycles. The summed E-state index contributed by atoms with van der Waals surface area (Å²) in [5.41, 5.74) is 2.37. The molecule has 1 amide bonds. The number of carbonyl (C=O) groups excluding carboxylic acids is 1. The molecule has 0 aliphatic carbocycles. The fraction of sp³-hybridized carbons (Fsp3) is 0.214. The average molecular weight is 497 g/mol. The maximum atomic E-state index is 14.8. The fourth-order valence-corrected chi connectivity index (χ4v) is 4.94. The zero-order valence-electron chi connectivity index (χ0n) is 20.5. The maximum absolute atomic E-state index is 14.8. The molecule has 8 nitrogen and oxygen atoms in total. The Kier molecular flexibility index (Phi) is 5.67. The van der Waals surface area contributed by atoms with Crippen molar-refractivity contribution in [3.05, 3.63) is 84.2 Å². The van der Waals surface area contributed by atoms with Crippen LogP contribution in [0.4, 0.5) is 10.3 Å². The van der Waals surface area contributed by atoms with E-state index in [0.29, 0.717) is 53.9 Å². The minimum absolute atomic E-state index is 0.0252. The molecule has 0 N–H and O–H groups in total. The van der Waals surface area contributed by atoms with E-state index in [4.69, 9.17) is 9.72 Å². The molecule has 6 rings (SSSR count). The van der Waals surface area contributed by atoms with Gasteiger partial charge in [-0.05, 0) is 55.5 Å². The van der Waals surface area contributed by atoms with Crippen LogP contribution in [0.3, 0.4) is 0 Å². The van der Waals surface area contributed by atoms with Gasteiger partial charge in [0.25, 0.3) is 5.91 Å². The van der Waals surface area contributed by atoms with Crippen LogP contribution < -0.4 is 9.64 Å². The second-order valence-electron chi connectivity index (χ2n) is 9.11. The summed E-state index contributed by atoms with van der Waals surface area (Å²) >= 11 is 0. The van der Waals surface area contributed by atoms with E-state index in [9.17, 15) is 9.18 Å². The first-order valence-electron chi connectivity index (χ1n) is 12.1. The third-order valence-electron chi connectivity index (χ3n) is 6.85. The molecule has 0 saturated carbocycles. The molecule has 37 heavy (non-hydrogen) atoms. The Hall–Kier alpha value is -4.53. The smallest absolute Gasteiger partial charge is 0.254 e. The molecule has 5 aromatic rings. The van der Waals surface area contributed by atoms with Gasteiger partial charge in [0.1, 0.15) is 11.6 Å². The molecular formula is C28H25FN6O2. The van der Waals surface area contributed by atoms with Gasteiger partial charge in [0, 0.05) is 36.6 Å². The molecule has 1 aliphatic heterocycles. The Bertz CT molecular complexity index is 1620. The van der Waals surface area contributed by atoms with Crippen molar-refractivity contribution in [1.29, 1.82) is 0 Å². The van der Waals surface area contributed by atoms with Crippen molar-refractivity contribution in [3.63, 3.8) is 0 Å². The van der Waals surface area contributed by atoms with Gasteiger partial charge >= 0.3 is 0 Å². The third kappa shape index (κ3) is 3.92. The molecule has 1 unspecified atom stereocenters. The van der Waals surface area contributed by atoms with E-state index in [1.807, 2.05) is 40.5 Å². The highest BCUT2D eigenvalue weighted by atomic mass is 19.1. The monoisotopic (exact) mass is 496 g/mol. The Labute approximate surface area is 212 Å².